The predicted molar refractivity (Wildman–Crippen MR) is 94.4 cm³/mol. The summed E-state index contributed by atoms with van der Waals surface area (Å²) in [5.74, 6) is 0.791. The van der Waals surface area contributed by atoms with Crippen LogP contribution in [0.15, 0.2) is 54.6 Å². The largest absolute Gasteiger partial charge is 0.391 e. The molecule has 0 aromatic heterocycles. The average Bonchev–Trinajstić information content (AvgIpc) is 2.55. The first-order valence-electron chi connectivity index (χ1n) is 7.83. The number of β-amino-alcohol motifs (C(OH)–C–C–N with tert-alkyl or cyclic N) is 1. The van der Waals surface area contributed by atoms with E-state index in [9.17, 15) is 5.11 Å². The highest BCUT2D eigenvalue weighted by Gasteiger charge is 2.29. The summed E-state index contributed by atoms with van der Waals surface area (Å²) < 4.78 is 0. The van der Waals surface area contributed by atoms with Gasteiger partial charge in [-0.25, -0.2) is 0 Å². The van der Waals surface area contributed by atoms with Gasteiger partial charge in [-0.05, 0) is 29.4 Å². The van der Waals surface area contributed by atoms with Crippen molar-refractivity contribution in [2.75, 3.05) is 25.1 Å². The van der Waals surface area contributed by atoms with Gasteiger partial charge in [-0.2, -0.15) is 11.8 Å². The van der Waals surface area contributed by atoms with Crippen molar-refractivity contribution in [1.29, 1.82) is 0 Å². The van der Waals surface area contributed by atoms with Crippen LogP contribution < -0.4 is 0 Å². The summed E-state index contributed by atoms with van der Waals surface area (Å²) in [6, 6.07) is 19.6. The number of benzene rings is 2. The fraction of sp³-hybridized carbons (Fsp3) is 0.368. The molecule has 2 aromatic rings. The lowest BCUT2D eigenvalue weighted by Gasteiger charge is -2.38. The lowest BCUT2D eigenvalue weighted by atomic mass is 9.88. The first-order valence-corrected chi connectivity index (χ1v) is 9.23. The molecule has 1 unspecified atom stereocenters. The molecule has 22 heavy (non-hydrogen) atoms. The van der Waals surface area contributed by atoms with Crippen molar-refractivity contribution >= 4 is 11.8 Å². The molecule has 3 rings (SSSR count). The van der Waals surface area contributed by atoms with Crippen LogP contribution in [0, 0.1) is 0 Å². The van der Waals surface area contributed by atoms with Crippen molar-refractivity contribution in [3.8, 4) is 0 Å². The molecule has 0 bridgehead atoms. The Morgan fingerprint density at radius 2 is 1.86 bits per heavy atom. The minimum absolute atomic E-state index is 0.252. The molecule has 0 spiro atoms. The van der Waals surface area contributed by atoms with Crippen LogP contribution in [-0.4, -0.2) is 41.2 Å². The normalized spacial score (nSPS) is 19.6. The van der Waals surface area contributed by atoms with E-state index >= 15 is 0 Å². The summed E-state index contributed by atoms with van der Waals surface area (Å²) >= 11 is 1.70. The second-order valence-electron chi connectivity index (χ2n) is 5.87. The van der Waals surface area contributed by atoms with Crippen LogP contribution in [0.1, 0.15) is 22.7 Å². The van der Waals surface area contributed by atoms with E-state index in [1.807, 2.05) is 6.26 Å². The van der Waals surface area contributed by atoms with Crippen molar-refractivity contribution in [3.05, 3.63) is 71.3 Å². The zero-order valence-corrected chi connectivity index (χ0v) is 13.8. The third-order valence-corrected chi connectivity index (χ3v) is 5.02. The molecular weight excluding hydrogens is 290 g/mol. The molecule has 1 N–H and O–H groups in total. The minimum Gasteiger partial charge on any atom is -0.391 e. The van der Waals surface area contributed by atoms with Crippen LogP contribution in [0.2, 0.25) is 0 Å². The van der Waals surface area contributed by atoms with Gasteiger partial charge in [0, 0.05) is 18.8 Å². The predicted octanol–water partition coefficient (Wildman–Crippen LogP) is 3.36. The number of fused-ring (bicyclic) bond motifs is 1. The van der Waals surface area contributed by atoms with Gasteiger partial charge >= 0.3 is 0 Å². The number of aliphatic hydroxyl groups is 1. The lowest BCUT2D eigenvalue weighted by Crippen LogP contribution is -2.41. The Morgan fingerprint density at radius 3 is 2.64 bits per heavy atom. The Kier molecular flexibility index (Phi) is 5.19. The van der Waals surface area contributed by atoms with Crippen molar-refractivity contribution in [2.24, 2.45) is 0 Å². The molecule has 1 heterocycles. The summed E-state index contributed by atoms with van der Waals surface area (Å²) in [6.45, 7) is 1.73. The van der Waals surface area contributed by atoms with E-state index in [1.54, 1.807) is 11.8 Å². The second-order valence-corrected chi connectivity index (χ2v) is 6.78. The van der Waals surface area contributed by atoms with Crippen LogP contribution in [0.4, 0.5) is 0 Å². The second kappa shape index (κ2) is 7.32. The van der Waals surface area contributed by atoms with Crippen molar-refractivity contribution in [1.82, 2.24) is 4.90 Å². The van der Waals surface area contributed by atoms with E-state index in [2.05, 4.69) is 59.5 Å². The number of thioether (sulfide) groups is 1. The van der Waals surface area contributed by atoms with Crippen LogP contribution in [0.5, 0.6) is 0 Å². The molecule has 2 atom stereocenters. The molecule has 0 saturated heterocycles. The Balaban J connectivity index is 1.93. The van der Waals surface area contributed by atoms with E-state index in [0.29, 0.717) is 0 Å². The van der Waals surface area contributed by atoms with Crippen molar-refractivity contribution < 1.29 is 5.11 Å². The average molecular weight is 313 g/mol. The van der Waals surface area contributed by atoms with Gasteiger partial charge in [0.05, 0.1) is 12.1 Å². The van der Waals surface area contributed by atoms with Crippen LogP contribution in [0.3, 0.4) is 0 Å². The Bertz CT molecular complexity index is 601. The minimum atomic E-state index is -0.272. The number of hydrogen-bond donors (Lipinski definition) is 1. The first kappa shape index (κ1) is 15.6. The van der Waals surface area contributed by atoms with Gasteiger partial charge in [0.25, 0.3) is 0 Å². The van der Waals surface area contributed by atoms with Gasteiger partial charge in [-0.1, -0.05) is 54.6 Å². The van der Waals surface area contributed by atoms with Gasteiger partial charge in [-0.15, -0.1) is 0 Å². The standard InChI is InChI=1S/C19H23NOS/c1-22-14-17(21)13-20-12-11-15-7-5-6-10-18(15)19(20)16-8-3-2-4-9-16/h2-10,17,19,21H,11-14H2,1H3/t17?,19-/m0/s1. The maximum Gasteiger partial charge on any atom is 0.0757 e. The van der Waals surface area contributed by atoms with Gasteiger partial charge in [-0.3, -0.25) is 4.90 Å². The van der Waals surface area contributed by atoms with Gasteiger partial charge < -0.3 is 5.11 Å². The van der Waals surface area contributed by atoms with E-state index in [4.69, 9.17) is 0 Å². The van der Waals surface area contributed by atoms with Crippen LogP contribution in [0.25, 0.3) is 0 Å². The van der Waals surface area contributed by atoms with Crippen molar-refractivity contribution in [3.63, 3.8) is 0 Å². The number of nitrogens with zero attached hydrogens (tertiary/aromatic N) is 1. The lowest BCUT2D eigenvalue weighted by molar-refractivity contribution is 0.107. The molecule has 116 valence electrons. The monoisotopic (exact) mass is 313 g/mol. The third kappa shape index (κ3) is 3.37. The maximum absolute atomic E-state index is 10.3. The molecule has 1 aliphatic rings. The summed E-state index contributed by atoms with van der Waals surface area (Å²) in [7, 11) is 0. The smallest absolute Gasteiger partial charge is 0.0757 e. The van der Waals surface area contributed by atoms with E-state index < -0.39 is 0 Å². The third-order valence-electron chi connectivity index (χ3n) is 4.30. The van der Waals surface area contributed by atoms with Gasteiger partial charge in [0.2, 0.25) is 0 Å². The fourth-order valence-electron chi connectivity index (χ4n) is 3.36. The molecule has 2 nitrogen and oxygen atoms in total. The Morgan fingerprint density at radius 1 is 1.14 bits per heavy atom. The number of aliphatic hydroxyl groups excluding tert-OH is 1. The molecule has 2 aromatic carbocycles. The zero-order chi connectivity index (χ0) is 15.4. The number of rotatable bonds is 5. The van der Waals surface area contributed by atoms with Crippen LogP contribution in [-0.2, 0) is 6.42 Å². The van der Waals surface area contributed by atoms with Gasteiger partial charge in [0.15, 0.2) is 0 Å². The SMILES string of the molecule is CSCC(O)CN1CCc2ccccc2[C@@H]1c1ccccc1. The summed E-state index contributed by atoms with van der Waals surface area (Å²) in [5.41, 5.74) is 4.13. The highest BCUT2D eigenvalue weighted by Crippen LogP contribution is 2.35. The quantitative estimate of drug-likeness (QED) is 0.915. The zero-order valence-electron chi connectivity index (χ0n) is 13.0. The molecule has 0 radical (unpaired) electrons. The van der Waals surface area contributed by atoms with E-state index in [1.165, 1.54) is 16.7 Å². The molecule has 0 fully saturated rings. The molecule has 0 aliphatic carbocycles. The Labute approximate surface area is 137 Å². The van der Waals surface area contributed by atoms with Crippen LogP contribution >= 0.6 is 11.8 Å². The highest BCUT2D eigenvalue weighted by atomic mass is 32.2. The molecule has 3 heteroatoms. The van der Waals surface area contributed by atoms with E-state index in [0.717, 1.165) is 25.3 Å². The topological polar surface area (TPSA) is 23.5 Å². The fourth-order valence-corrected chi connectivity index (χ4v) is 3.85. The first-order chi connectivity index (χ1) is 10.8. The molecule has 0 amide bonds. The van der Waals surface area contributed by atoms with E-state index in [-0.39, 0.29) is 12.1 Å². The van der Waals surface area contributed by atoms with Gasteiger partial charge in [0.1, 0.15) is 0 Å². The molecule has 1 aliphatic heterocycles. The maximum atomic E-state index is 10.3. The molecular formula is C19H23NOS. The Hall–Kier alpha value is -1.29. The summed E-state index contributed by atoms with van der Waals surface area (Å²) in [4.78, 5) is 2.43. The van der Waals surface area contributed by atoms with Crippen molar-refractivity contribution in [2.45, 2.75) is 18.6 Å². The summed E-state index contributed by atoms with van der Waals surface area (Å²) in [6.07, 6.45) is 2.83. The highest BCUT2D eigenvalue weighted by molar-refractivity contribution is 7.98. The molecule has 0 saturated carbocycles. The number of hydrogen-bond acceptors (Lipinski definition) is 3. The summed E-state index contributed by atoms with van der Waals surface area (Å²) in [5, 5.41) is 10.3.